The highest BCUT2D eigenvalue weighted by atomic mass is 16.2. The van der Waals surface area contributed by atoms with Gasteiger partial charge in [-0.15, -0.1) is 0 Å². The van der Waals surface area contributed by atoms with E-state index in [1.807, 2.05) is 11.8 Å². The van der Waals surface area contributed by atoms with E-state index in [-0.39, 0.29) is 23.8 Å². The lowest BCUT2D eigenvalue weighted by molar-refractivity contribution is -0.135. The first-order chi connectivity index (χ1) is 9.61. The van der Waals surface area contributed by atoms with Gasteiger partial charge in [-0.25, -0.2) is 0 Å². The quantitative estimate of drug-likeness (QED) is 0.859. The zero-order chi connectivity index (χ0) is 14.5. The monoisotopic (exact) mass is 280 g/mol. The van der Waals surface area contributed by atoms with Crippen LogP contribution in [0.3, 0.4) is 0 Å². The van der Waals surface area contributed by atoms with Crippen molar-refractivity contribution in [3.8, 4) is 0 Å². The van der Waals surface area contributed by atoms with Crippen LogP contribution in [0.1, 0.15) is 58.8 Å². The van der Waals surface area contributed by atoms with Gasteiger partial charge in [0.1, 0.15) is 6.04 Å². The molecule has 2 unspecified atom stereocenters. The molecule has 0 spiro atoms. The number of carbonyl (C=O) groups is 2. The van der Waals surface area contributed by atoms with Gasteiger partial charge in [-0.2, -0.15) is 0 Å². The van der Waals surface area contributed by atoms with Crippen LogP contribution in [0.15, 0.2) is 0 Å². The first-order valence-electron chi connectivity index (χ1n) is 8.20. The zero-order valence-corrected chi connectivity index (χ0v) is 12.9. The van der Waals surface area contributed by atoms with Crippen molar-refractivity contribution in [2.75, 3.05) is 13.1 Å². The lowest BCUT2D eigenvalue weighted by Gasteiger charge is -2.31. The second-order valence-corrected chi connectivity index (χ2v) is 6.47. The van der Waals surface area contributed by atoms with Crippen molar-refractivity contribution >= 4 is 11.8 Å². The Morgan fingerprint density at radius 1 is 1.25 bits per heavy atom. The van der Waals surface area contributed by atoms with Gasteiger partial charge in [0, 0.05) is 19.5 Å². The minimum absolute atomic E-state index is 0.0230. The number of carbonyl (C=O) groups excluding carboxylic acids is 2. The summed E-state index contributed by atoms with van der Waals surface area (Å²) < 4.78 is 0. The Balaban J connectivity index is 2.02. The van der Waals surface area contributed by atoms with Gasteiger partial charge >= 0.3 is 0 Å². The smallest absolute Gasteiger partial charge is 0.245 e. The molecular formula is C16H28N2O2. The molecule has 20 heavy (non-hydrogen) atoms. The van der Waals surface area contributed by atoms with E-state index in [0.717, 1.165) is 13.0 Å². The van der Waals surface area contributed by atoms with Gasteiger partial charge < -0.3 is 10.2 Å². The van der Waals surface area contributed by atoms with E-state index in [4.69, 9.17) is 0 Å². The molecule has 0 radical (unpaired) electrons. The van der Waals surface area contributed by atoms with Crippen LogP contribution < -0.4 is 5.32 Å². The van der Waals surface area contributed by atoms with Gasteiger partial charge in [0.05, 0.1) is 0 Å². The third kappa shape index (κ3) is 3.74. The van der Waals surface area contributed by atoms with E-state index in [1.54, 1.807) is 0 Å². The molecule has 1 heterocycles. The highest BCUT2D eigenvalue weighted by Gasteiger charge is 2.33. The fraction of sp³-hybridized carbons (Fsp3) is 0.875. The minimum atomic E-state index is -0.321. The second-order valence-electron chi connectivity index (χ2n) is 6.47. The second kappa shape index (κ2) is 7.09. The maximum Gasteiger partial charge on any atom is 0.245 e. The molecule has 1 aliphatic carbocycles. The van der Waals surface area contributed by atoms with Gasteiger partial charge in [0.2, 0.25) is 11.8 Å². The Kier molecular flexibility index (Phi) is 5.44. The molecule has 4 heteroatoms. The molecule has 1 saturated heterocycles. The zero-order valence-electron chi connectivity index (χ0n) is 12.9. The molecule has 0 aromatic heterocycles. The predicted molar refractivity (Wildman–Crippen MR) is 79.2 cm³/mol. The Labute approximate surface area is 122 Å². The van der Waals surface area contributed by atoms with E-state index >= 15 is 0 Å². The Morgan fingerprint density at radius 3 is 2.60 bits per heavy atom. The number of nitrogens with zero attached hydrogens (tertiary/aromatic N) is 1. The molecule has 0 bridgehead atoms. The van der Waals surface area contributed by atoms with Gasteiger partial charge in [-0.3, -0.25) is 9.59 Å². The number of nitrogens with one attached hydrogen (secondary N) is 1. The van der Waals surface area contributed by atoms with Crippen LogP contribution in [-0.4, -0.2) is 35.8 Å². The number of hydrogen-bond acceptors (Lipinski definition) is 2. The normalized spacial score (nSPS) is 27.1. The summed E-state index contributed by atoms with van der Waals surface area (Å²) in [5.74, 6) is 1.00. The average Bonchev–Trinajstić information content (AvgIpc) is 2.61. The van der Waals surface area contributed by atoms with Crippen LogP contribution in [-0.2, 0) is 9.59 Å². The molecule has 0 aromatic rings. The lowest BCUT2D eigenvalue weighted by Crippen LogP contribution is -2.49. The number of amides is 2. The maximum absolute atomic E-state index is 12.7. The van der Waals surface area contributed by atoms with Crippen molar-refractivity contribution in [3.63, 3.8) is 0 Å². The molecule has 0 aromatic carbocycles. The molecule has 1 saturated carbocycles. The SMILES string of the molecule is CCC(C)C1NC(=O)CCN(CC2CCCCC2)C1=O. The van der Waals surface area contributed by atoms with Gasteiger partial charge in [0.15, 0.2) is 0 Å². The largest absolute Gasteiger partial charge is 0.344 e. The Morgan fingerprint density at radius 2 is 1.95 bits per heavy atom. The highest BCUT2D eigenvalue weighted by molar-refractivity contribution is 5.90. The molecule has 2 rings (SSSR count). The van der Waals surface area contributed by atoms with Crippen LogP contribution >= 0.6 is 0 Å². The van der Waals surface area contributed by atoms with E-state index in [0.29, 0.717) is 18.9 Å². The highest BCUT2D eigenvalue weighted by Crippen LogP contribution is 2.25. The minimum Gasteiger partial charge on any atom is -0.344 e. The Hall–Kier alpha value is -1.06. The first kappa shape index (κ1) is 15.3. The lowest BCUT2D eigenvalue weighted by atomic mass is 9.88. The summed E-state index contributed by atoms with van der Waals surface area (Å²) in [6.07, 6.45) is 7.75. The van der Waals surface area contributed by atoms with E-state index in [9.17, 15) is 9.59 Å². The average molecular weight is 280 g/mol. The maximum atomic E-state index is 12.7. The molecule has 1 N–H and O–H groups in total. The summed E-state index contributed by atoms with van der Waals surface area (Å²) in [6.45, 7) is 5.56. The molecular weight excluding hydrogens is 252 g/mol. The molecule has 114 valence electrons. The van der Waals surface area contributed by atoms with Crippen molar-refractivity contribution < 1.29 is 9.59 Å². The van der Waals surface area contributed by atoms with Crippen molar-refractivity contribution in [1.29, 1.82) is 0 Å². The number of rotatable bonds is 4. The molecule has 2 fully saturated rings. The van der Waals surface area contributed by atoms with Crippen molar-refractivity contribution in [2.24, 2.45) is 11.8 Å². The van der Waals surface area contributed by atoms with Crippen molar-refractivity contribution in [2.45, 2.75) is 64.8 Å². The third-order valence-corrected chi connectivity index (χ3v) is 4.92. The van der Waals surface area contributed by atoms with E-state index < -0.39 is 0 Å². The van der Waals surface area contributed by atoms with Crippen LogP contribution in [0.25, 0.3) is 0 Å². The predicted octanol–water partition coefficient (Wildman–Crippen LogP) is 2.33. The van der Waals surface area contributed by atoms with Crippen LogP contribution in [0, 0.1) is 11.8 Å². The van der Waals surface area contributed by atoms with Gasteiger partial charge in [-0.1, -0.05) is 39.5 Å². The van der Waals surface area contributed by atoms with Gasteiger partial charge in [-0.05, 0) is 24.7 Å². The van der Waals surface area contributed by atoms with Crippen LogP contribution in [0.2, 0.25) is 0 Å². The van der Waals surface area contributed by atoms with Crippen LogP contribution in [0.4, 0.5) is 0 Å². The molecule has 2 amide bonds. The number of hydrogen-bond donors (Lipinski definition) is 1. The summed E-state index contributed by atoms with van der Waals surface area (Å²) in [4.78, 5) is 26.4. The summed E-state index contributed by atoms with van der Waals surface area (Å²) in [6, 6.07) is -0.321. The summed E-state index contributed by atoms with van der Waals surface area (Å²) >= 11 is 0. The summed E-state index contributed by atoms with van der Waals surface area (Å²) in [5, 5.41) is 2.92. The summed E-state index contributed by atoms with van der Waals surface area (Å²) in [7, 11) is 0. The topological polar surface area (TPSA) is 49.4 Å². The Bertz CT molecular complexity index is 350. The molecule has 4 nitrogen and oxygen atoms in total. The van der Waals surface area contributed by atoms with E-state index in [1.165, 1.54) is 32.1 Å². The standard InChI is InChI=1S/C16H28N2O2/c1-3-12(2)15-16(20)18(10-9-14(19)17-15)11-13-7-5-4-6-8-13/h12-13,15H,3-11H2,1-2H3,(H,17,19). The fourth-order valence-corrected chi connectivity index (χ4v) is 3.33. The fourth-order valence-electron chi connectivity index (χ4n) is 3.33. The van der Waals surface area contributed by atoms with Crippen LogP contribution in [0.5, 0.6) is 0 Å². The molecule has 1 aliphatic heterocycles. The summed E-state index contributed by atoms with van der Waals surface area (Å²) in [5.41, 5.74) is 0. The molecule has 2 atom stereocenters. The van der Waals surface area contributed by atoms with Crippen molar-refractivity contribution in [1.82, 2.24) is 10.2 Å². The third-order valence-electron chi connectivity index (χ3n) is 4.92. The molecule has 2 aliphatic rings. The van der Waals surface area contributed by atoms with Gasteiger partial charge in [0.25, 0.3) is 0 Å². The van der Waals surface area contributed by atoms with Crippen molar-refractivity contribution in [3.05, 3.63) is 0 Å². The first-order valence-corrected chi connectivity index (χ1v) is 8.20. The van der Waals surface area contributed by atoms with E-state index in [2.05, 4.69) is 12.2 Å².